The molecule has 0 unspecified atom stereocenters. The van der Waals surface area contributed by atoms with Crippen LogP contribution in [0.4, 0.5) is 5.82 Å². The molecule has 0 atom stereocenters. The van der Waals surface area contributed by atoms with Gasteiger partial charge in [0.2, 0.25) is 0 Å². The molecule has 0 spiro atoms. The van der Waals surface area contributed by atoms with Gasteiger partial charge < -0.3 is 5.32 Å². The predicted octanol–water partition coefficient (Wildman–Crippen LogP) is 1.23. The Bertz CT molecular complexity index is 1150. The van der Waals surface area contributed by atoms with Crippen LogP contribution in [0.5, 0.6) is 0 Å². The molecule has 0 aliphatic rings. The normalized spacial score (nSPS) is 10.8. The zero-order valence-corrected chi connectivity index (χ0v) is 13.7. The van der Waals surface area contributed by atoms with Crippen molar-refractivity contribution in [2.24, 2.45) is 0 Å². The number of anilines is 1. The van der Waals surface area contributed by atoms with E-state index in [2.05, 4.69) is 25.3 Å². The number of nitrogens with one attached hydrogen (secondary N) is 1. The van der Waals surface area contributed by atoms with Crippen LogP contribution in [-0.4, -0.2) is 35.0 Å². The lowest BCUT2D eigenvalue weighted by Gasteiger charge is -2.09. The van der Waals surface area contributed by atoms with Gasteiger partial charge in [0.1, 0.15) is 5.69 Å². The van der Waals surface area contributed by atoms with Gasteiger partial charge >= 0.3 is 0 Å². The Kier molecular flexibility index (Phi) is 3.73. The minimum absolute atomic E-state index is 0.199. The van der Waals surface area contributed by atoms with Crippen LogP contribution < -0.4 is 10.9 Å². The highest BCUT2D eigenvalue weighted by Crippen LogP contribution is 2.14. The van der Waals surface area contributed by atoms with Crippen molar-refractivity contribution in [3.8, 4) is 5.82 Å². The Hall–Kier alpha value is -3.88. The van der Waals surface area contributed by atoms with E-state index in [0.717, 1.165) is 0 Å². The van der Waals surface area contributed by atoms with Gasteiger partial charge in [0.15, 0.2) is 17.3 Å². The van der Waals surface area contributed by atoms with E-state index in [-0.39, 0.29) is 11.3 Å². The molecule has 9 nitrogen and oxygen atoms in total. The van der Waals surface area contributed by atoms with Gasteiger partial charge in [-0.05, 0) is 19.1 Å². The molecule has 4 aromatic rings. The van der Waals surface area contributed by atoms with Gasteiger partial charge in [-0.2, -0.15) is 4.52 Å². The van der Waals surface area contributed by atoms with Crippen LogP contribution in [0.1, 0.15) is 16.2 Å². The third-order valence-electron chi connectivity index (χ3n) is 3.65. The zero-order chi connectivity index (χ0) is 18.1. The highest BCUT2D eigenvalue weighted by molar-refractivity contribution is 6.03. The summed E-state index contributed by atoms with van der Waals surface area (Å²) in [4.78, 5) is 41.8. The monoisotopic (exact) mass is 347 g/mol. The SMILES string of the molecule is Cc1cc(=O)n2c(cc(C(=O)Nc3cnccn3)n2-c2ccccn2)n1. The summed E-state index contributed by atoms with van der Waals surface area (Å²) in [6.45, 7) is 1.72. The summed E-state index contributed by atoms with van der Waals surface area (Å²) in [5.74, 6) is 0.255. The van der Waals surface area contributed by atoms with Crippen LogP contribution in [-0.2, 0) is 0 Å². The number of aromatic nitrogens is 6. The number of hydrogen-bond acceptors (Lipinski definition) is 6. The van der Waals surface area contributed by atoms with Gasteiger partial charge in [0.25, 0.3) is 11.5 Å². The first-order chi connectivity index (χ1) is 12.6. The Morgan fingerprint density at radius 2 is 2.00 bits per heavy atom. The van der Waals surface area contributed by atoms with E-state index >= 15 is 0 Å². The molecule has 0 saturated carbocycles. The van der Waals surface area contributed by atoms with E-state index in [9.17, 15) is 9.59 Å². The topological polar surface area (TPSA) is 107 Å². The lowest BCUT2D eigenvalue weighted by atomic mass is 10.3. The third-order valence-corrected chi connectivity index (χ3v) is 3.65. The molecule has 0 aliphatic heterocycles. The third kappa shape index (κ3) is 2.71. The number of pyridine rings is 1. The number of rotatable bonds is 3. The van der Waals surface area contributed by atoms with E-state index in [4.69, 9.17) is 0 Å². The largest absolute Gasteiger partial charge is 0.304 e. The maximum absolute atomic E-state index is 12.8. The molecule has 1 amide bonds. The van der Waals surface area contributed by atoms with Gasteiger partial charge in [0, 0.05) is 36.4 Å². The van der Waals surface area contributed by atoms with Crippen molar-refractivity contribution in [1.82, 2.24) is 29.1 Å². The second-order valence-electron chi connectivity index (χ2n) is 5.48. The fraction of sp³-hybridized carbons (Fsp3) is 0.0588. The number of carbonyl (C=O) groups excluding carboxylic acids is 1. The number of aryl methyl sites for hydroxylation is 1. The van der Waals surface area contributed by atoms with E-state index in [1.165, 1.54) is 39.9 Å². The summed E-state index contributed by atoms with van der Waals surface area (Å²) >= 11 is 0. The van der Waals surface area contributed by atoms with Crippen LogP contribution in [0.2, 0.25) is 0 Å². The van der Waals surface area contributed by atoms with E-state index in [0.29, 0.717) is 23.0 Å². The maximum atomic E-state index is 12.8. The van der Waals surface area contributed by atoms with E-state index in [1.807, 2.05) is 0 Å². The Balaban J connectivity index is 1.92. The van der Waals surface area contributed by atoms with E-state index in [1.54, 1.807) is 31.3 Å². The molecule has 0 aliphatic carbocycles. The molecular weight excluding hydrogens is 334 g/mol. The van der Waals surface area contributed by atoms with Crippen LogP contribution in [0.25, 0.3) is 11.5 Å². The number of amides is 1. The van der Waals surface area contributed by atoms with E-state index < -0.39 is 5.91 Å². The maximum Gasteiger partial charge on any atom is 0.275 e. The first kappa shape index (κ1) is 15.6. The van der Waals surface area contributed by atoms with Gasteiger partial charge in [0.05, 0.1) is 6.20 Å². The van der Waals surface area contributed by atoms with Crippen molar-refractivity contribution < 1.29 is 4.79 Å². The molecule has 0 saturated heterocycles. The molecule has 4 heterocycles. The van der Waals surface area contributed by atoms with Gasteiger partial charge in [-0.3, -0.25) is 14.6 Å². The average molecular weight is 347 g/mol. The standard InChI is InChI=1S/C17H13N7O2/c1-11-8-16(25)24-15(21-11)9-12(23(24)14-4-2-3-5-20-14)17(26)22-13-10-18-6-7-19-13/h2-10H,1H3,(H,19,22,26). The molecule has 4 rings (SSSR count). The Labute approximate surface area is 147 Å². The lowest BCUT2D eigenvalue weighted by molar-refractivity contribution is 0.101. The number of carbonyl (C=O) groups is 1. The summed E-state index contributed by atoms with van der Waals surface area (Å²) in [6.07, 6.45) is 5.99. The average Bonchev–Trinajstić information content (AvgIpc) is 3.03. The minimum Gasteiger partial charge on any atom is -0.304 e. The van der Waals surface area contributed by atoms with Crippen molar-refractivity contribution in [1.29, 1.82) is 0 Å². The summed E-state index contributed by atoms with van der Waals surface area (Å²) in [7, 11) is 0. The van der Waals surface area contributed by atoms with Gasteiger partial charge in [-0.25, -0.2) is 19.6 Å². The molecule has 0 fully saturated rings. The predicted molar refractivity (Wildman–Crippen MR) is 93.3 cm³/mol. The van der Waals surface area contributed by atoms with Crippen LogP contribution in [0, 0.1) is 6.92 Å². The fourth-order valence-corrected chi connectivity index (χ4v) is 2.61. The molecular formula is C17H13N7O2. The summed E-state index contributed by atoms with van der Waals surface area (Å²) in [5.41, 5.74) is 0.806. The van der Waals surface area contributed by atoms with Crippen molar-refractivity contribution in [3.05, 3.63) is 76.9 Å². The quantitative estimate of drug-likeness (QED) is 0.597. The minimum atomic E-state index is -0.460. The highest BCUT2D eigenvalue weighted by atomic mass is 16.2. The molecule has 9 heteroatoms. The molecule has 0 radical (unpaired) electrons. The first-order valence-electron chi connectivity index (χ1n) is 7.75. The first-order valence-corrected chi connectivity index (χ1v) is 7.75. The molecule has 1 N–H and O–H groups in total. The summed E-state index contributed by atoms with van der Waals surface area (Å²) in [5, 5.41) is 2.66. The molecule has 0 bridgehead atoms. The van der Waals surface area contributed by atoms with Crippen molar-refractivity contribution in [2.45, 2.75) is 6.92 Å². The smallest absolute Gasteiger partial charge is 0.275 e. The molecule has 4 aromatic heterocycles. The Morgan fingerprint density at radius 1 is 1.12 bits per heavy atom. The zero-order valence-electron chi connectivity index (χ0n) is 13.7. The second kappa shape index (κ2) is 6.20. The van der Waals surface area contributed by atoms with Crippen LogP contribution in [0.15, 0.2) is 59.9 Å². The number of nitrogens with zero attached hydrogens (tertiary/aromatic N) is 6. The van der Waals surface area contributed by atoms with Crippen molar-refractivity contribution in [3.63, 3.8) is 0 Å². The fourth-order valence-electron chi connectivity index (χ4n) is 2.61. The summed E-state index contributed by atoms with van der Waals surface area (Å²) < 4.78 is 2.73. The second-order valence-corrected chi connectivity index (χ2v) is 5.48. The van der Waals surface area contributed by atoms with Gasteiger partial charge in [-0.1, -0.05) is 6.07 Å². The molecule has 0 aromatic carbocycles. The summed E-state index contributed by atoms with van der Waals surface area (Å²) in [6, 6.07) is 8.15. The lowest BCUT2D eigenvalue weighted by Crippen LogP contribution is -2.25. The van der Waals surface area contributed by atoms with Crippen molar-refractivity contribution in [2.75, 3.05) is 5.32 Å². The number of hydrogen-bond donors (Lipinski definition) is 1. The van der Waals surface area contributed by atoms with Gasteiger partial charge in [-0.15, -0.1) is 0 Å². The molecule has 26 heavy (non-hydrogen) atoms. The molecule has 128 valence electrons. The van der Waals surface area contributed by atoms with Crippen molar-refractivity contribution >= 4 is 17.4 Å². The van der Waals surface area contributed by atoms with Crippen LogP contribution >= 0.6 is 0 Å². The van der Waals surface area contributed by atoms with Crippen LogP contribution in [0.3, 0.4) is 0 Å². The Morgan fingerprint density at radius 3 is 2.73 bits per heavy atom. The highest BCUT2D eigenvalue weighted by Gasteiger charge is 2.20. The number of fused-ring (bicyclic) bond motifs is 1.